The molecule has 0 unspecified atom stereocenters. The summed E-state index contributed by atoms with van der Waals surface area (Å²) >= 11 is 0. The van der Waals surface area contributed by atoms with E-state index in [-0.39, 0.29) is 42.6 Å². The standard InChI is InChI=1S/C25H35N3O5/c1-2-33-25(32)28-15-12-21(13-16-28)27-24(31)7-4-14-26-23(30)11-10-22(29)20-9-8-18-5-3-6-19(18)17-20/h8-9,17,21H,2-7,10-16H2,1H3,(H,26,30)(H,27,31). The normalized spacial score (nSPS) is 15.6. The monoisotopic (exact) mass is 457 g/mol. The van der Waals surface area contributed by atoms with Gasteiger partial charge in [0.1, 0.15) is 0 Å². The van der Waals surface area contributed by atoms with Crippen LogP contribution in [0.5, 0.6) is 0 Å². The van der Waals surface area contributed by atoms with E-state index in [1.807, 2.05) is 18.2 Å². The molecule has 180 valence electrons. The Bertz CT molecular complexity index is 862. The lowest BCUT2D eigenvalue weighted by molar-refractivity contribution is -0.123. The van der Waals surface area contributed by atoms with Crippen LogP contribution in [-0.2, 0) is 27.2 Å². The van der Waals surface area contributed by atoms with Gasteiger partial charge in [-0.3, -0.25) is 14.4 Å². The second-order valence-corrected chi connectivity index (χ2v) is 8.74. The third-order valence-corrected chi connectivity index (χ3v) is 6.29. The largest absolute Gasteiger partial charge is 0.450 e. The summed E-state index contributed by atoms with van der Waals surface area (Å²) < 4.78 is 5.00. The first-order valence-electron chi connectivity index (χ1n) is 12.1. The van der Waals surface area contributed by atoms with E-state index in [4.69, 9.17) is 4.74 Å². The number of carbonyl (C=O) groups is 4. The van der Waals surface area contributed by atoms with Gasteiger partial charge in [-0.1, -0.05) is 12.1 Å². The fraction of sp³-hybridized carbons (Fsp3) is 0.600. The predicted molar refractivity (Wildman–Crippen MR) is 124 cm³/mol. The Morgan fingerprint density at radius 1 is 1.00 bits per heavy atom. The number of ketones is 1. The third-order valence-electron chi connectivity index (χ3n) is 6.29. The van der Waals surface area contributed by atoms with Crippen LogP contribution in [0.4, 0.5) is 4.79 Å². The van der Waals surface area contributed by atoms with Gasteiger partial charge < -0.3 is 20.3 Å². The molecule has 1 saturated heterocycles. The van der Waals surface area contributed by atoms with Crippen LogP contribution < -0.4 is 10.6 Å². The number of amides is 3. The number of Topliss-reactive ketones (excluding diaryl/α,β-unsaturated/α-hetero) is 1. The Morgan fingerprint density at radius 3 is 2.52 bits per heavy atom. The van der Waals surface area contributed by atoms with E-state index >= 15 is 0 Å². The zero-order valence-corrected chi connectivity index (χ0v) is 19.5. The van der Waals surface area contributed by atoms with Gasteiger partial charge in [0.05, 0.1) is 6.61 Å². The van der Waals surface area contributed by atoms with Gasteiger partial charge in [0.2, 0.25) is 11.8 Å². The number of benzene rings is 1. The lowest BCUT2D eigenvalue weighted by Gasteiger charge is -2.31. The first-order chi connectivity index (χ1) is 16.0. The Labute approximate surface area is 195 Å². The molecule has 33 heavy (non-hydrogen) atoms. The number of hydrogen-bond donors (Lipinski definition) is 2. The van der Waals surface area contributed by atoms with Crippen LogP contribution in [0.2, 0.25) is 0 Å². The van der Waals surface area contributed by atoms with Gasteiger partial charge in [0, 0.05) is 50.5 Å². The smallest absolute Gasteiger partial charge is 0.409 e. The second-order valence-electron chi connectivity index (χ2n) is 8.74. The number of nitrogens with one attached hydrogen (secondary N) is 2. The Hall–Kier alpha value is -2.90. The number of nitrogens with zero attached hydrogens (tertiary/aromatic N) is 1. The first-order valence-corrected chi connectivity index (χ1v) is 12.1. The van der Waals surface area contributed by atoms with Gasteiger partial charge in [0.25, 0.3) is 0 Å². The summed E-state index contributed by atoms with van der Waals surface area (Å²) in [4.78, 5) is 50.0. The average Bonchev–Trinajstić information content (AvgIpc) is 3.29. The summed E-state index contributed by atoms with van der Waals surface area (Å²) in [5.41, 5.74) is 3.27. The number of aryl methyl sites for hydroxylation is 2. The van der Waals surface area contributed by atoms with Crippen molar-refractivity contribution in [1.82, 2.24) is 15.5 Å². The van der Waals surface area contributed by atoms with Crippen LogP contribution in [0.25, 0.3) is 0 Å². The first kappa shape index (κ1) is 24.7. The van der Waals surface area contributed by atoms with Crippen LogP contribution in [0.1, 0.15) is 73.4 Å². The molecule has 0 aromatic heterocycles. The van der Waals surface area contributed by atoms with Crippen molar-refractivity contribution in [3.05, 3.63) is 34.9 Å². The molecule has 0 saturated carbocycles. The molecule has 0 radical (unpaired) electrons. The van der Waals surface area contributed by atoms with Crippen molar-refractivity contribution in [3.63, 3.8) is 0 Å². The number of fused-ring (bicyclic) bond motifs is 1. The zero-order chi connectivity index (χ0) is 23.6. The summed E-state index contributed by atoms with van der Waals surface area (Å²) in [7, 11) is 0. The Balaban J connectivity index is 1.25. The maximum atomic E-state index is 12.4. The molecule has 8 nitrogen and oxygen atoms in total. The maximum Gasteiger partial charge on any atom is 0.409 e. The van der Waals surface area contributed by atoms with Crippen molar-refractivity contribution in [1.29, 1.82) is 0 Å². The van der Waals surface area contributed by atoms with Crippen molar-refractivity contribution >= 4 is 23.7 Å². The van der Waals surface area contributed by atoms with Crippen molar-refractivity contribution in [2.45, 2.75) is 70.8 Å². The Morgan fingerprint density at radius 2 is 1.76 bits per heavy atom. The van der Waals surface area contributed by atoms with E-state index < -0.39 is 0 Å². The number of ether oxygens (including phenoxy) is 1. The van der Waals surface area contributed by atoms with Crippen LogP contribution in [0.3, 0.4) is 0 Å². The van der Waals surface area contributed by atoms with E-state index in [9.17, 15) is 19.2 Å². The second kappa shape index (κ2) is 12.4. The number of hydrogen-bond acceptors (Lipinski definition) is 5. The molecule has 0 spiro atoms. The van der Waals surface area contributed by atoms with Crippen LogP contribution in [0.15, 0.2) is 18.2 Å². The van der Waals surface area contributed by atoms with Gasteiger partial charge in [0.15, 0.2) is 5.78 Å². The predicted octanol–water partition coefficient (Wildman–Crippen LogP) is 2.77. The van der Waals surface area contributed by atoms with E-state index in [1.54, 1.807) is 11.8 Å². The summed E-state index contributed by atoms with van der Waals surface area (Å²) in [6.45, 7) is 3.69. The quantitative estimate of drug-likeness (QED) is 0.415. The molecule has 1 aromatic carbocycles. The highest BCUT2D eigenvalue weighted by atomic mass is 16.6. The lowest BCUT2D eigenvalue weighted by atomic mass is 10.0. The van der Waals surface area contributed by atoms with Crippen molar-refractivity contribution in [3.8, 4) is 0 Å². The van der Waals surface area contributed by atoms with Gasteiger partial charge in [-0.25, -0.2) is 4.79 Å². The maximum absolute atomic E-state index is 12.4. The molecule has 1 aliphatic carbocycles. The third kappa shape index (κ3) is 7.58. The fourth-order valence-corrected chi connectivity index (χ4v) is 4.40. The molecule has 0 bridgehead atoms. The van der Waals surface area contributed by atoms with Crippen molar-refractivity contribution < 1.29 is 23.9 Å². The number of piperidine rings is 1. The molecule has 0 atom stereocenters. The number of carbonyl (C=O) groups excluding carboxylic acids is 4. The van der Waals surface area contributed by atoms with Crippen molar-refractivity contribution in [2.24, 2.45) is 0 Å². The Kier molecular flexibility index (Phi) is 9.27. The number of rotatable bonds is 10. The molecule has 1 heterocycles. The van der Waals surface area contributed by atoms with Crippen LogP contribution >= 0.6 is 0 Å². The van der Waals surface area contributed by atoms with Gasteiger partial charge in [-0.15, -0.1) is 0 Å². The molecule has 2 N–H and O–H groups in total. The molecular formula is C25H35N3O5. The SMILES string of the molecule is CCOC(=O)N1CCC(NC(=O)CCCNC(=O)CCC(=O)c2ccc3c(c2)CCC3)CC1. The van der Waals surface area contributed by atoms with E-state index in [0.29, 0.717) is 57.5 Å². The van der Waals surface area contributed by atoms with Crippen LogP contribution in [-0.4, -0.2) is 60.9 Å². The lowest BCUT2D eigenvalue weighted by Crippen LogP contribution is -2.46. The molecule has 3 amide bonds. The topological polar surface area (TPSA) is 105 Å². The van der Waals surface area contributed by atoms with Crippen LogP contribution in [0, 0.1) is 0 Å². The number of likely N-dealkylation sites (tertiary alicyclic amines) is 1. The summed E-state index contributed by atoms with van der Waals surface area (Å²) in [5.74, 6) is -0.227. The highest BCUT2D eigenvalue weighted by molar-refractivity contribution is 5.98. The van der Waals surface area contributed by atoms with Crippen molar-refractivity contribution in [2.75, 3.05) is 26.2 Å². The van der Waals surface area contributed by atoms with Gasteiger partial charge in [-0.05, 0) is 62.6 Å². The minimum Gasteiger partial charge on any atom is -0.450 e. The zero-order valence-electron chi connectivity index (χ0n) is 19.5. The minimum absolute atomic E-state index is 0.00627. The average molecular weight is 458 g/mol. The summed E-state index contributed by atoms with van der Waals surface area (Å²) in [6, 6.07) is 5.93. The molecule has 1 fully saturated rings. The molecule has 1 aromatic rings. The molecule has 2 aliphatic rings. The molecule has 3 rings (SSSR count). The van der Waals surface area contributed by atoms with E-state index in [1.165, 1.54) is 11.1 Å². The fourth-order valence-electron chi connectivity index (χ4n) is 4.40. The summed E-state index contributed by atoms with van der Waals surface area (Å²) in [6.07, 6.45) is 5.57. The van der Waals surface area contributed by atoms with E-state index in [0.717, 1.165) is 19.3 Å². The van der Waals surface area contributed by atoms with E-state index in [2.05, 4.69) is 10.6 Å². The van der Waals surface area contributed by atoms with Gasteiger partial charge in [-0.2, -0.15) is 0 Å². The molecule has 1 aliphatic heterocycles. The highest BCUT2D eigenvalue weighted by Crippen LogP contribution is 2.23. The minimum atomic E-state index is -0.299. The molecule has 8 heteroatoms. The summed E-state index contributed by atoms with van der Waals surface area (Å²) in [5, 5.41) is 5.79. The molecular weight excluding hydrogens is 422 g/mol. The van der Waals surface area contributed by atoms with Gasteiger partial charge >= 0.3 is 6.09 Å². The highest BCUT2D eigenvalue weighted by Gasteiger charge is 2.24.